The molecule has 3 nitrogen and oxygen atoms in total. The molecule has 0 radical (unpaired) electrons. The predicted molar refractivity (Wildman–Crippen MR) is 77.5 cm³/mol. The van der Waals surface area contributed by atoms with E-state index >= 15 is 0 Å². The highest BCUT2D eigenvalue weighted by atomic mass is 14.9. The van der Waals surface area contributed by atoms with Gasteiger partial charge in [-0.25, -0.2) is 4.98 Å². The molecule has 1 aromatic heterocycles. The standard InChI is InChI=1S/C16H21N3/c1-3-11(4-1)16-18-14-7-6-12(9-15(14)19-16)13-5-2-8-17-10-13/h6-7,9,11,13,17H,1-5,8,10H2,(H,18,19). The summed E-state index contributed by atoms with van der Waals surface area (Å²) in [4.78, 5) is 8.30. The third-order valence-electron chi connectivity index (χ3n) is 4.78. The second-order valence-corrected chi connectivity index (χ2v) is 6.07. The van der Waals surface area contributed by atoms with Crippen molar-refractivity contribution < 1.29 is 0 Å². The Morgan fingerprint density at radius 1 is 1.05 bits per heavy atom. The van der Waals surface area contributed by atoms with E-state index in [0.717, 1.165) is 12.1 Å². The zero-order chi connectivity index (χ0) is 12.7. The highest BCUT2D eigenvalue weighted by Crippen LogP contribution is 2.36. The van der Waals surface area contributed by atoms with Crippen molar-refractivity contribution in [3.8, 4) is 0 Å². The largest absolute Gasteiger partial charge is 0.342 e. The molecule has 0 amide bonds. The maximum Gasteiger partial charge on any atom is 0.110 e. The van der Waals surface area contributed by atoms with Crippen molar-refractivity contribution in [2.45, 2.75) is 43.9 Å². The molecule has 4 rings (SSSR count). The second kappa shape index (κ2) is 4.64. The first-order chi connectivity index (χ1) is 9.40. The van der Waals surface area contributed by atoms with Crippen LogP contribution in [-0.4, -0.2) is 23.1 Å². The average Bonchev–Trinajstić information content (AvgIpc) is 2.79. The van der Waals surface area contributed by atoms with Gasteiger partial charge in [0.15, 0.2) is 0 Å². The van der Waals surface area contributed by atoms with Crippen LogP contribution in [0.5, 0.6) is 0 Å². The number of hydrogen-bond acceptors (Lipinski definition) is 2. The maximum atomic E-state index is 4.75. The fraction of sp³-hybridized carbons (Fsp3) is 0.562. The van der Waals surface area contributed by atoms with Gasteiger partial charge in [-0.15, -0.1) is 0 Å². The summed E-state index contributed by atoms with van der Waals surface area (Å²) in [7, 11) is 0. The number of nitrogens with one attached hydrogen (secondary N) is 2. The molecule has 1 aliphatic carbocycles. The van der Waals surface area contributed by atoms with E-state index in [2.05, 4.69) is 28.5 Å². The lowest BCUT2D eigenvalue weighted by molar-refractivity contribution is 0.405. The second-order valence-electron chi connectivity index (χ2n) is 6.07. The number of piperidine rings is 1. The van der Waals surface area contributed by atoms with Gasteiger partial charge in [-0.2, -0.15) is 0 Å². The van der Waals surface area contributed by atoms with Crippen LogP contribution in [0.25, 0.3) is 11.0 Å². The van der Waals surface area contributed by atoms with E-state index in [9.17, 15) is 0 Å². The predicted octanol–water partition coefficient (Wildman–Crippen LogP) is 3.30. The molecule has 1 saturated heterocycles. The molecular weight excluding hydrogens is 234 g/mol. The molecule has 2 N–H and O–H groups in total. The molecule has 2 heterocycles. The van der Waals surface area contributed by atoms with Crippen LogP contribution >= 0.6 is 0 Å². The van der Waals surface area contributed by atoms with Gasteiger partial charge in [-0.05, 0) is 55.8 Å². The highest BCUT2D eigenvalue weighted by Gasteiger charge is 2.23. The minimum Gasteiger partial charge on any atom is -0.342 e. The van der Waals surface area contributed by atoms with Crippen molar-refractivity contribution in [1.29, 1.82) is 0 Å². The highest BCUT2D eigenvalue weighted by molar-refractivity contribution is 5.76. The number of nitrogens with zero attached hydrogens (tertiary/aromatic N) is 1. The van der Waals surface area contributed by atoms with Crippen LogP contribution in [0.1, 0.15) is 55.3 Å². The van der Waals surface area contributed by atoms with E-state index < -0.39 is 0 Å². The summed E-state index contributed by atoms with van der Waals surface area (Å²) in [6.07, 6.45) is 6.57. The summed E-state index contributed by atoms with van der Waals surface area (Å²) in [6.45, 7) is 2.30. The Morgan fingerprint density at radius 3 is 2.68 bits per heavy atom. The fourth-order valence-corrected chi connectivity index (χ4v) is 3.31. The minimum atomic E-state index is 0.675. The van der Waals surface area contributed by atoms with Crippen LogP contribution in [0.3, 0.4) is 0 Å². The van der Waals surface area contributed by atoms with Crippen LogP contribution in [0.15, 0.2) is 18.2 Å². The number of H-pyrrole nitrogens is 1. The van der Waals surface area contributed by atoms with E-state index in [1.807, 2.05) is 0 Å². The lowest BCUT2D eigenvalue weighted by atomic mass is 9.85. The first kappa shape index (κ1) is 11.5. The van der Waals surface area contributed by atoms with Gasteiger partial charge >= 0.3 is 0 Å². The van der Waals surface area contributed by atoms with Gasteiger partial charge in [0.2, 0.25) is 0 Å². The fourth-order valence-electron chi connectivity index (χ4n) is 3.31. The van der Waals surface area contributed by atoms with Gasteiger partial charge in [0.25, 0.3) is 0 Å². The van der Waals surface area contributed by atoms with Crippen molar-refractivity contribution >= 4 is 11.0 Å². The SMILES string of the molecule is c1cc2nc(C3CCC3)[nH]c2cc1C1CCCNC1. The average molecular weight is 255 g/mol. The molecule has 3 heteroatoms. The normalized spacial score (nSPS) is 24.5. The quantitative estimate of drug-likeness (QED) is 0.864. The van der Waals surface area contributed by atoms with Crippen LogP contribution in [0.2, 0.25) is 0 Å². The van der Waals surface area contributed by atoms with Crippen molar-refractivity contribution in [2.24, 2.45) is 0 Å². The van der Waals surface area contributed by atoms with Crippen molar-refractivity contribution in [1.82, 2.24) is 15.3 Å². The van der Waals surface area contributed by atoms with Crippen molar-refractivity contribution in [2.75, 3.05) is 13.1 Å². The Hall–Kier alpha value is -1.35. The van der Waals surface area contributed by atoms with E-state index in [1.54, 1.807) is 0 Å². The summed E-state index contributed by atoms with van der Waals surface area (Å²) in [5.74, 6) is 2.57. The third kappa shape index (κ3) is 2.06. The van der Waals surface area contributed by atoms with E-state index in [0.29, 0.717) is 11.8 Å². The zero-order valence-electron chi connectivity index (χ0n) is 11.3. The number of rotatable bonds is 2. The zero-order valence-corrected chi connectivity index (χ0v) is 11.3. The molecule has 100 valence electrons. The molecule has 2 aromatic rings. The molecule has 1 unspecified atom stereocenters. The first-order valence-corrected chi connectivity index (χ1v) is 7.60. The molecule has 1 saturated carbocycles. The number of benzene rings is 1. The van der Waals surface area contributed by atoms with Gasteiger partial charge in [-0.3, -0.25) is 0 Å². The summed E-state index contributed by atoms with van der Waals surface area (Å²) in [6, 6.07) is 6.78. The molecule has 1 aromatic carbocycles. The smallest absolute Gasteiger partial charge is 0.110 e. The molecule has 19 heavy (non-hydrogen) atoms. The van der Waals surface area contributed by atoms with Gasteiger partial charge in [0.1, 0.15) is 5.82 Å². The number of aromatic nitrogens is 2. The Morgan fingerprint density at radius 2 is 1.95 bits per heavy atom. The number of fused-ring (bicyclic) bond motifs is 1. The van der Waals surface area contributed by atoms with Gasteiger partial charge in [0.05, 0.1) is 11.0 Å². The topological polar surface area (TPSA) is 40.7 Å². The van der Waals surface area contributed by atoms with Crippen molar-refractivity contribution in [3.63, 3.8) is 0 Å². The monoisotopic (exact) mass is 255 g/mol. The third-order valence-corrected chi connectivity index (χ3v) is 4.78. The first-order valence-electron chi connectivity index (χ1n) is 7.60. The summed E-state index contributed by atoms with van der Waals surface area (Å²) >= 11 is 0. The summed E-state index contributed by atoms with van der Waals surface area (Å²) in [5.41, 5.74) is 3.82. The lowest BCUT2D eigenvalue weighted by Crippen LogP contribution is -2.28. The molecule has 0 bridgehead atoms. The van der Waals surface area contributed by atoms with Gasteiger partial charge in [-0.1, -0.05) is 12.5 Å². The number of aromatic amines is 1. The minimum absolute atomic E-state index is 0.675. The Bertz CT molecular complexity index is 577. The van der Waals surface area contributed by atoms with Gasteiger partial charge < -0.3 is 10.3 Å². The number of imidazole rings is 1. The van der Waals surface area contributed by atoms with Crippen LogP contribution in [0, 0.1) is 0 Å². The Kier molecular flexibility index (Phi) is 2.80. The summed E-state index contributed by atoms with van der Waals surface area (Å²) < 4.78 is 0. The maximum absolute atomic E-state index is 4.75. The molecule has 2 fully saturated rings. The summed E-state index contributed by atoms with van der Waals surface area (Å²) in [5, 5.41) is 3.50. The molecule has 2 aliphatic rings. The molecule has 1 aliphatic heterocycles. The molecular formula is C16H21N3. The van der Waals surface area contributed by atoms with Crippen LogP contribution < -0.4 is 5.32 Å². The van der Waals surface area contributed by atoms with Crippen LogP contribution in [0.4, 0.5) is 0 Å². The van der Waals surface area contributed by atoms with Crippen molar-refractivity contribution in [3.05, 3.63) is 29.6 Å². The van der Waals surface area contributed by atoms with Crippen LogP contribution in [-0.2, 0) is 0 Å². The van der Waals surface area contributed by atoms with E-state index in [4.69, 9.17) is 4.98 Å². The molecule has 0 spiro atoms. The Labute approximate surface area is 113 Å². The molecule has 1 atom stereocenters. The lowest BCUT2D eigenvalue weighted by Gasteiger charge is -2.23. The van der Waals surface area contributed by atoms with Gasteiger partial charge in [0, 0.05) is 12.5 Å². The Balaban J connectivity index is 1.65. The van der Waals surface area contributed by atoms with E-state index in [-0.39, 0.29) is 0 Å². The number of hydrogen-bond donors (Lipinski definition) is 2. The van der Waals surface area contributed by atoms with E-state index in [1.165, 1.54) is 55.6 Å².